The van der Waals surface area contributed by atoms with E-state index >= 15 is 4.39 Å². The maximum atomic E-state index is 15.3. The summed E-state index contributed by atoms with van der Waals surface area (Å²) in [5, 5.41) is 17.4. The number of ether oxygens (including phenoxy) is 1. The third-order valence-corrected chi connectivity index (χ3v) is 5.67. The molecule has 0 aromatic carbocycles. The van der Waals surface area contributed by atoms with Gasteiger partial charge < -0.3 is 20.7 Å². The normalized spacial score (nSPS) is 13.4. The van der Waals surface area contributed by atoms with E-state index in [1.807, 2.05) is 39.0 Å². The minimum atomic E-state index is -0.667. The van der Waals surface area contributed by atoms with Gasteiger partial charge in [0.15, 0.2) is 11.6 Å². The number of amides is 1. The molecular formula is C29H35FN8O2. The molecule has 3 aromatic heterocycles. The quantitative estimate of drug-likeness (QED) is 0.240. The van der Waals surface area contributed by atoms with Crippen LogP contribution in [0, 0.1) is 25.1 Å². The van der Waals surface area contributed by atoms with Crippen molar-refractivity contribution in [2.75, 3.05) is 10.6 Å². The number of carbonyl (C=O) groups excluding carboxylic acids is 1. The van der Waals surface area contributed by atoms with Crippen molar-refractivity contribution in [1.29, 1.82) is 0 Å². The van der Waals surface area contributed by atoms with Crippen LogP contribution in [0.15, 0.2) is 54.5 Å². The van der Waals surface area contributed by atoms with Gasteiger partial charge in [-0.15, -0.1) is 11.2 Å². The van der Waals surface area contributed by atoms with Gasteiger partial charge in [-0.1, -0.05) is 24.1 Å². The van der Waals surface area contributed by atoms with Crippen molar-refractivity contribution in [3.63, 3.8) is 0 Å². The highest BCUT2D eigenvalue weighted by Gasteiger charge is 2.25. The third-order valence-electron chi connectivity index (χ3n) is 5.67. The number of alkyl carbamates (subject to hydrolysis) is 1. The summed E-state index contributed by atoms with van der Waals surface area (Å²) >= 11 is 0. The number of halogens is 1. The zero-order chi connectivity index (χ0) is 29.4. The van der Waals surface area contributed by atoms with Crippen LogP contribution in [-0.4, -0.2) is 48.7 Å². The number of pyridine rings is 2. The van der Waals surface area contributed by atoms with Crippen LogP contribution >= 0.6 is 0 Å². The lowest BCUT2D eigenvalue weighted by Gasteiger charge is -2.29. The maximum absolute atomic E-state index is 15.3. The van der Waals surface area contributed by atoms with Gasteiger partial charge in [0.25, 0.3) is 0 Å². The van der Waals surface area contributed by atoms with Crippen molar-refractivity contribution >= 4 is 23.4 Å². The molecule has 2 atom stereocenters. The summed E-state index contributed by atoms with van der Waals surface area (Å²) in [4.78, 5) is 22.8. The zero-order valence-corrected chi connectivity index (χ0v) is 23.8. The van der Waals surface area contributed by atoms with Gasteiger partial charge >= 0.3 is 6.09 Å². The smallest absolute Gasteiger partial charge is 0.407 e. The molecule has 0 bridgehead atoms. The van der Waals surface area contributed by atoms with Gasteiger partial charge in [-0.05, 0) is 66.2 Å². The highest BCUT2D eigenvalue weighted by Crippen LogP contribution is 2.26. The second-order valence-electron chi connectivity index (χ2n) is 10.1. The molecule has 3 aromatic rings. The Hall–Kier alpha value is -4.72. The highest BCUT2D eigenvalue weighted by molar-refractivity contribution is 5.69. The molecule has 3 N–H and O–H groups in total. The van der Waals surface area contributed by atoms with E-state index in [1.54, 1.807) is 52.4 Å². The topological polar surface area (TPSA) is 119 Å². The Morgan fingerprint density at radius 2 is 1.93 bits per heavy atom. The first-order valence-corrected chi connectivity index (χ1v) is 12.7. The van der Waals surface area contributed by atoms with Crippen molar-refractivity contribution in [3.05, 3.63) is 71.6 Å². The van der Waals surface area contributed by atoms with Crippen LogP contribution in [0.2, 0.25) is 0 Å². The standard InChI is InChI=1S/C29H35FN8O2/c1-9-11-12-18(3)25(20(5)34-28(39)40-29(6,7)8)36-27-23(30)15-21(10-2)26(37-27)35-22-16-24(19(4)31-17-22)38-32-13-14-33-38/h2,9,11-17,20,25H,1,3-8H3,(H,34,39)(H2,35,36,37)/b11-9-,18-12+/t20-,25+/m0/s1. The largest absolute Gasteiger partial charge is 0.444 e. The van der Waals surface area contributed by atoms with Crippen LogP contribution in [-0.2, 0) is 4.74 Å². The molecule has 10 nitrogen and oxygen atoms in total. The van der Waals surface area contributed by atoms with Crippen LogP contribution in [0.3, 0.4) is 0 Å². The number of allylic oxidation sites excluding steroid dienone is 3. The van der Waals surface area contributed by atoms with Crippen LogP contribution in [0.25, 0.3) is 5.69 Å². The van der Waals surface area contributed by atoms with Crippen molar-refractivity contribution < 1.29 is 13.9 Å². The fraction of sp³-hybridized carbons (Fsp3) is 0.345. The van der Waals surface area contributed by atoms with E-state index in [0.717, 1.165) is 5.57 Å². The van der Waals surface area contributed by atoms with Gasteiger partial charge in [0.05, 0.1) is 47.6 Å². The predicted molar refractivity (Wildman–Crippen MR) is 154 cm³/mol. The number of rotatable bonds is 9. The van der Waals surface area contributed by atoms with Gasteiger partial charge in [-0.3, -0.25) is 4.98 Å². The fourth-order valence-electron chi connectivity index (χ4n) is 3.77. The molecule has 3 rings (SSSR count). The summed E-state index contributed by atoms with van der Waals surface area (Å²) in [7, 11) is 0. The first-order chi connectivity index (χ1) is 18.9. The van der Waals surface area contributed by atoms with E-state index < -0.39 is 29.6 Å². The Morgan fingerprint density at radius 3 is 2.55 bits per heavy atom. The summed E-state index contributed by atoms with van der Waals surface area (Å²) in [6.07, 6.45) is 15.4. The lowest BCUT2D eigenvalue weighted by Crippen LogP contribution is -2.47. The molecule has 0 fully saturated rings. The molecule has 3 heterocycles. The van der Waals surface area contributed by atoms with Crippen molar-refractivity contribution in [2.24, 2.45) is 0 Å². The zero-order valence-electron chi connectivity index (χ0n) is 23.8. The molecule has 11 heteroatoms. The van der Waals surface area contributed by atoms with Crippen molar-refractivity contribution in [2.45, 2.75) is 66.2 Å². The molecule has 0 aliphatic rings. The van der Waals surface area contributed by atoms with Gasteiger partial charge in [-0.25, -0.2) is 14.2 Å². The minimum absolute atomic E-state index is 0.0494. The Bertz CT molecular complexity index is 1440. The molecule has 0 unspecified atom stereocenters. The first kappa shape index (κ1) is 29.8. The minimum Gasteiger partial charge on any atom is -0.444 e. The lowest BCUT2D eigenvalue weighted by atomic mass is 10.0. The monoisotopic (exact) mass is 546 g/mol. The Kier molecular flexibility index (Phi) is 9.61. The number of terminal acetylenes is 1. The molecule has 0 aliphatic heterocycles. The number of carbonyl (C=O) groups is 1. The predicted octanol–water partition coefficient (Wildman–Crippen LogP) is 5.45. The summed E-state index contributed by atoms with van der Waals surface area (Å²) in [6.45, 7) is 12.7. The van der Waals surface area contributed by atoms with Crippen molar-refractivity contribution in [3.8, 4) is 18.0 Å². The molecule has 0 saturated heterocycles. The van der Waals surface area contributed by atoms with Gasteiger partial charge in [0.1, 0.15) is 17.1 Å². The molecule has 0 aliphatic carbocycles. The number of nitrogens with one attached hydrogen (secondary N) is 3. The summed E-state index contributed by atoms with van der Waals surface area (Å²) in [6, 6.07) is 1.99. The SMILES string of the molecule is C#Cc1cc(F)c(N[C@H](/C(C)=C/C=C\C)[C@H](C)NC(=O)OC(C)(C)C)nc1Nc1cnc(C)c(-n2nccn2)c1. The average molecular weight is 547 g/mol. The number of aryl methyl sites for hydroxylation is 1. The fourth-order valence-corrected chi connectivity index (χ4v) is 3.77. The number of aromatic nitrogens is 5. The lowest BCUT2D eigenvalue weighted by molar-refractivity contribution is 0.0506. The van der Waals surface area contributed by atoms with Gasteiger partial charge in [0, 0.05) is 0 Å². The van der Waals surface area contributed by atoms with Gasteiger partial charge in [-0.2, -0.15) is 10.2 Å². The van der Waals surface area contributed by atoms with E-state index in [2.05, 4.69) is 42.0 Å². The number of nitrogens with zero attached hydrogens (tertiary/aromatic N) is 5. The van der Waals surface area contributed by atoms with E-state index in [0.29, 0.717) is 17.1 Å². The molecule has 1 amide bonds. The van der Waals surface area contributed by atoms with Gasteiger partial charge in [0.2, 0.25) is 0 Å². The molecule has 0 spiro atoms. The third kappa shape index (κ3) is 7.89. The Labute approximate surface area is 234 Å². The van der Waals surface area contributed by atoms with Crippen LogP contribution in [0.4, 0.5) is 26.5 Å². The Balaban J connectivity index is 1.95. The van der Waals surface area contributed by atoms with Crippen LogP contribution in [0.5, 0.6) is 0 Å². The molecular weight excluding hydrogens is 511 g/mol. The van der Waals surface area contributed by atoms with Crippen LogP contribution in [0.1, 0.15) is 52.8 Å². The van der Waals surface area contributed by atoms with E-state index in [1.165, 1.54) is 10.9 Å². The second kappa shape index (κ2) is 12.9. The van der Waals surface area contributed by atoms with E-state index in [-0.39, 0.29) is 17.2 Å². The van der Waals surface area contributed by atoms with E-state index in [9.17, 15) is 4.79 Å². The van der Waals surface area contributed by atoms with E-state index in [4.69, 9.17) is 11.2 Å². The summed E-state index contributed by atoms with van der Waals surface area (Å²) < 4.78 is 20.7. The molecule has 0 saturated carbocycles. The summed E-state index contributed by atoms with van der Waals surface area (Å²) in [5.74, 6) is 2.03. The second-order valence-corrected chi connectivity index (χ2v) is 10.1. The molecule has 210 valence electrons. The number of hydrogen-bond donors (Lipinski definition) is 3. The molecule has 40 heavy (non-hydrogen) atoms. The first-order valence-electron chi connectivity index (χ1n) is 12.7. The highest BCUT2D eigenvalue weighted by atomic mass is 19.1. The average Bonchev–Trinajstić information content (AvgIpc) is 3.41. The maximum Gasteiger partial charge on any atom is 0.407 e. The summed E-state index contributed by atoms with van der Waals surface area (Å²) in [5.41, 5.74) is 2.31. The van der Waals surface area contributed by atoms with Crippen molar-refractivity contribution in [1.82, 2.24) is 30.3 Å². The number of anilines is 3. The Morgan fingerprint density at radius 1 is 1.23 bits per heavy atom. The number of hydrogen-bond acceptors (Lipinski definition) is 8. The van der Waals surface area contributed by atoms with Crippen LogP contribution < -0.4 is 16.0 Å². The molecule has 0 radical (unpaired) electrons.